The Hall–Kier alpha value is -3.22. The van der Waals surface area contributed by atoms with Crippen LogP contribution < -0.4 is 10.6 Å². The number of carbonyl (C=O) groups excluding carboxylic acids is 2. The summed E-state index contributed by atoms with van der Waals surface area (Å²) in [6.07, 6.45) is 2.15. The van der Waals surface area contributed by atoms with E-state index in [2.05, 4.69) is 9.88 Å². The summed E-state index contributed by atoms with van der Waals surface area (Å²) < 4.78 is 10.5. The maximum absolute atomic E-state index is 13.7. The van der Waals surface area contributed by atoms with Gasteiger partial charge in [0.15, 0.2) is 0 Å². The number of nitrogens with two attached hydrogens (primary N) is 1. The number of ether oxygens (including phenoxy) is 2. The third kappa shape index (κ3) is 7.64. The highest BCUT2D eigenvalue weighted by molar-refractivity contribution is 7.09. The van der Waals surface area contributed by atoms with Gasteiger partial charge in [0.25, 0.3) is 0 Å². The zero-order valence-corrected chi connectivity index (χ0v) is 20.5. The number of nitrogens with zero attached hydrogens (tertiary/aromatic N) is 4. The summed E-state index contributed by atoms with van der Waals surface area (Å²) in [5.41, 5.74) is 7.53. The molecule has 12 heteroatoms. The highest BCUT2D eigenvalue weighted by Gasteiger charge is 2.27. The van der Waals surface area contributed by atoms with Crippen LogP contribution in [0.2, 0.25) is 0 Å². The van der Waals surface area contributed by atoms with Gasteiger partial charge in [-0.1, -0.05) is 6.07 Å². The van der Waals surface area contributed by atoms with Gasteiger partial charge in [-0.3, -0.25) is 14.6 Å². The third-order valence-electron chi connectivity index (χ3n) is 5.48. The van der Waals surface area contributed by atoms with E-state index < -0.39 is 18.0 Å². The molecule has 0 spiro atoms. The quantitative estimate of drug-likeness (QED) is 0.440. The molecule has 0 saturated carbocycles. The number of carboxylic acid groups (broad SMARTS) is 1. The fourth-order valence-corrected chi connectivity index (χ4v) is 4.43. The van der Waals surface area contributed by atoms with E-state index >= 15 is 0 Å². The number of hydrogen-bond acceptors (Lipinski definition) is 9. The van der Waals surface area contributed by atoms with Crippen molar-refractivity contribution in [2.24, 2.45) is 0 Å². The number of morpholine rings is 1. The number of rotatable bonds is 11. The number of carbonyl (C=O) groups is 3. The zero-order chi connectivity index (χ0) is 25.2. The predicted octanol–water partition coefficient (Wildman–Crippen LogP) is 2.14. The number of pyridine rings is 1. The molecule has 0 aromatic carbocycles. The number of urea groups is 1. The molecule has 1 fully saturated rings. The first-order chi connectivity index (χ1) is 16.9. The summed E-state index contributed by atoms with van der Waals surface area (Å²) in [5.74, 6) is -1.66. The van der Waals surface area contributed by atoms with Crippen molar-refractivity contribution < 1.29 is 29.0 Å². The van der Waals surface area contributed by atoms with Gasteiger partial charge in [0, 0.05) is 49.7 Å². The van der Waals surface area contributed by atoms with Crippen molar-refractivity contribution in [2.75, 3.05) is 63.2 Å². The lowest BCUT2D eigenvalue weighted by molar-refractivity contribution is -0.141. The van der Waals surface area contributed by atoms with E-state index in [1.807, 2.05) is 0 Å². The number of amides is 2. The molecule has 0 atom stereocenters. The molecule has 1 aliphatic heterocycles. The Balaban J connectivity index is 1.80. The van der Waals surface area contributed by atoms with Gasteiger partial charge in [0.05, 0.1) is 31.2 Å². The van der Waals surface area contributed by atoms with Crippen LogP contribution in [-0.4, -0.2) is 90.4 Å². The summed E-state index contributed by atoms with van der Waals surface area (Å²) in [6, 6.07) is 2.64. The van der Waals surface area contributed by atoms with Crippen molar-refractivity contribution in [1.29, 1.82) is 0 Å². The van der Waals surface area contributed by atoms with E-state index in [-0.39, 0.29) is 25.4 Å². The lowest BCUT2D eigenvalue weighted by Crippen LogP contribution is -2.47. The molecule has 0 unspecified atom stereocenters. The molecule has 0 aliphatic carbocycles. The number of carboxylic acids is 1. The molecule has 3 heterocycles. The van der Waals surface area contributed by atoms with E-state index in [9.17, 15) is 14.4 Å². The Bertz CT molecular complexity index is 993. The Morgan fingerprint density at radius 3 is 2.63 bits per heavy atom. The molecule has 11 nitrogen and oxygen atoms in total. The lowest BCUT2D eigenvalue weighted by atomic mass is 10.2. The lowest BCUT2D eigenvalue weighted by Gasteiger charge is -2.31. The monoisotopic (exact) mass is 505 g/mol. The predicted molar refractivity (Wildman–Crippen MR) is 132 cm³/mol. The molecule has 1 saturated heterocycles. The second-order valence-electron chi connectivity index (χ2n) is 7.97. The fourth-order valence-electron chi connectivity index (χ4n) is 3.70. The van der Waals surface area contributed by atoms with Gasteiger partial charge in [-0.05, 0) is 25.0 Å². The van der Waals surface area contributed by atoms with Crippen molar-refractivity contribution in [1.82, 2.24) is 14.8 Å². The van der Waals surface area contributed by atoms with E-state index in [4.69, 9.17) is 20.3 Å². The van der Waals surface area contributed by atoms with Crippen LogP contribution in [0.4, 0.5) is 16.2 Å². The number of hydrogen-bond donors (Lipinski definition) is 2. The van der Waals surface area contributed by atoms with Crippen LogP contribution in [0, 0.1) is 0 Å². The van der Waals surface area contributed by atoms with E-state index in [0.29, 0.717) is 43.1 Å². The molecule has 35 heavy (non-hydrogen) atoms. The van der Waals surface area contributed by atoms with Gasteiger partial charge in [0.1, 0.15) is 12.2 Å². The summed E-state index contributed by atoms with van der Waals surface area (Å²) in [7, 11) is 0. The molecule has 190 valence electrons. The van der Waals surface area contributed by atoms with Gasteiger partial charge in [0.2, 0.25) is 0 Å². The zero-order valence-electron chi connectivity index (χ0n) is 19.7. The molecular weight excluding hydrogens is 474 g/mol. The molecular formula is C23H31N5O6S. The SMILES string of the molecule is CCOC(=O)CN(C(=O)N(CCCN1CCOCC1)Cc1ccc(C(=O)O)nc1)c1cscc1N. The van der Waals surface area contributed by atoms with Crippen molar-refractivity contribution in [3.8, 4) is 0 Å². The van der Waals surface area contributed by atoms with Crippen LogP contribution in [0.15, 0.2) is 29.1 Å². The number of thiophene rings is 1. The highest BCUT2D eigenvalue weighted by atomic mass is 32.1. The number of aromatic carboxylic acids is 1. The number of esters is 1. The summed E-state index contributed by atoms with van der Waals surface area (Å²) in [4.78, 5) is 46.4. The van der Waals surface area contributed by atoms with E-state index in [1.165, 1.54) is 28.5 Å². The molecule has 1 aliphatic rings. The molecule has 0 radical (unpaired) electrons. The average molecular weight is 506 g/mol. The van der Waals surface area contributed by atoms with Crippen LogP contribution in [0.25, 0.3) is 0 Å². The smallest absolute Gasteiger partial charge is 0.354 e. The normalized spacial score (nSPS) is 13.9. The number of nitrogen functional groups attached to an aromatic ring is 1. The third-order valence-corrected chi connectivity index (χ3v) is 6.23. The van der Waals surface area contributed by atoms with Gasteiger partial charge >= 0.3 is 18.0 Å². The van der Waals surface area contributed by atoms with Crippen LogP contribution in [0.3, 0.4) is 0 Å². The molecule has 2 aromatic rings. The summed E-state index contributed by atoms with van der Waals surface area (Å²) in [5, 5.41) is 12.5. The largest absolute Gasteiger partial charge is 0.477 e. The van der Waals surface area contributed by atoms with Gasteiger partial charge < -0.3 is 25.2 Å². The first-order valence-electron chi connectivity index (χ1n) is 11.4. The first kappa shape index (κ1) is 26.4. The summed E-state index contributed by atoms with van der Waals surface area (Å²) in [6.45, 7) is 6.09. The maximum Gasteiger partial charge on any atom is 0.354 e. The second-order valence-corrected chi connectivity index (χ2v) is 8.72. The Morgan fingerprint density at radius 2 is 2.03 bits per heavy atom. The van der Waals surface area contributed by atoms with Crippen molar-refractivity contribution >= 4 is 40.7 Å². The number of anilines is 2. The molecule has 3 rings (SSSR count). The Labute approximate surface area is 208 Å². The minimum Gasteiger partial charge on any atom is -0.477 e. The summed E-state index contributed by atoms with van der Waals surface area (Å²) >= 11 is 1.34. The van der Waals surface area contributed by atoms with Crippen LogP contribution in [0.5, 0.6) is 0 Å². The minimum absolute atomic E-state index is 0.0751. The van der Waals surface area contributed by atoms with Crippen LogP contribution in [-0.2, 0) is 20.8 Å². The van der Waals surface area contributed by atoms with Gasteiger partial charge in [-0.15, -0.1) is 11.3 Å². The second kappa shape index (κ2) is 13.0. The first-order valence-corrected chi connectivity index (χ1v) is 12.3. The van der Waals surface area contributed by atoms with Crippen molar-refractivity contribution in [2.45, 2.75) is 19.9 Å². The van der Waals surface area contributed by atoms with Gasteiger partial charge in [-0.25, -0.2) is 14.6 Å². The number of aromatic nitrogens is 1. The van der Waals surface area contributed by atoms with Crippen LogP contribution in [0.1, 0.15) is 29.4 Å². The average Bonchev–Trinajstić information content (AvgIpc) is 3.28. The molecule has 2 amide bonds. The maximum atomic E-state index is 13.7. The molecule has 0 bridgehead atoms. The molecule has 2 aromatic heterocycles. The Kier molecular flexibility index (Phi) is 9.82. The van der Waals surface area contributed by atoms with Crippen LogP contribution >= 0.6 is 11.3 Å². The topological polar surface area (TPSA) is 139 Å². The fraction of sp³-hybridized carbons (Fsp3) is 0.478. The van der Waals surface area contributed by atoms with Crippen molar-refractivity contribution in [3.63, 3.8) is 0 Å². The minimum atomic E-state index is -1.12. The van der Waals surface area contributed by atoms with E-state index in [1.54, 1.807) is 28.7 Å². The highest BCUT2D eigenvalue weighted by Crippen LogP contribution is 2.29. The molecule has 3 N–H and O–H groups in total. The Morgan fingerprint density at radius 1 is 1.26 bits per heavy atom. The van der Waals surface area contributed by atoms with Crippen molar-refractivity contribution in [3.05, 3.63) is 40.3 Å². The standard InChI is InChI=1S/C23H31N5O6S/c1-2-34-21(29)14-28(20-16-35-15-18(20)24)23(32)27(7-3-6-26-8-10-33-11-9-26)13-17-4-5-19(22(30)31)25-12-17/h4-5,12,15-16H,2-3,6-11,13-14,24H2,1H3,(H,30,31). The van der Waals surface area contributed by atoms with E-state index in [0.717, 1.165) is 19.6 Å². The van der Waals surface area contributed by atoms with Gasteiger partial charge in [-0.2, -0.15) is 0 Å².